The number of nitrogens with one attached hydrogen (secondary N) is 1. The molecule has 3 atom stereocenters. The Morgan fingerprint density at radius 1 is 1.18 bits per heavy atom. The van der Waals surface area contributed by atoms with Crippen LogP contribution in [-0.4, -0.2) is 69.5 Å². The standard InChI is InChI=1S/C27H28F2N4O7/c1-3-20(34)32-8-6-19(32)27(38)40-24-22-26(37)33-14(2)7-9-39-21(33)13-31(22)12-17(23(24)35)25(36)30-11-15-4-5-16(28)10-18(15)29/h4-5,10,12,14,19,21H,3,6-9,11,13H2,1-2H3,(H,30,36)/t14-,19+,21+/m1/s1. The van der Waals surface area contributed by atoms with Gasteiger partial charge in [-0.05, 0) is 25.8 Å². The molecule has 5 rings (SSSR count). The number of pyridine rings is 1. The van der Waals surface area contributed by atoms with Crippen LogP contribution in [0.1, 0.15) is 59.5 Å². The van der Waals surface area contributed by atoms with Gasteiger partial charge in [-0.2, -0.15) is 0 Å². The maximum atomic E-state index is 14.1. The van der Waals surface area contributed by atoms with Crippen LogP contribution in [0.25, 0.3) is 0 Å². The monoisotopic (exact) mass is 558 g/mol. The Bertz CT molecular complexity index is 1460. The van der Waals surface area contributed by atoms with E-state index >= 15 is 0 Å². The van der Waals surface area contributed by atoms with Crippen LogP contribution in [0.4, 0.5) is 8.78 Å². The number of carbonyl (C=O) groups excluding carboxylic acids is 4. The number of benzene rings is 1. The molecule has 0 bridgehead atoms. The second kappa shape index (κ2) is 10.8. The molecule has 1 aromatic carbocycles. The van der Waals surface area contributed by atoms with E-state index in [1.54, 1.807) is 6.92 Å². The number of ether oxygens (including phenoxy) is 2. The highest BCUT2D eigenvalue weighted by Crippen LogP contribution is 2.31. The number of rotatable bonds is 6. The van der Waals surface area contributed by atoms with E-state index in [0.717, 1.165) is 12.1 Å². The zero-order chi connectivity index (χ0) is 28.7. The third kappa shape index (κ3) is 4.85. The second-order valence-electron chi connectivity index (χ2n) is 9.96. The van der Waals surface area contributed by atoms with Gasteiger partial charge in [-0.15, -0.1) is 0 Å². The van der Waals surface area contributed by atoms with Crippen molar-refractivity contribution in [3.8, 4) is 5.75 Å². The zero-order valence-electron chi connectivity index (χ0n) is 21.9. The van der Waals surface area contributed by atoms with Crippen molar-refractivity contribution < 1.29 is 37.4 Å². The number of esters is 1. The van der Waals surface area contributed by atoms with Crippen LogP contribution in [0.3, 0.4) is 0 Å². The predicted molar refractivity (Wildman–Crippen MR) is 134 cm³/mol. The highest BCUT2D eigenvalue weighted by atomic mass is 19.1. The first-order chi connectivity index (χ1) is 19.1. The quantitative estimate of drug-likeness (QED) is 0.533. The molecule has 1 N–H and O–H groups in total. The molecule has 0 spiro atoms. The minimum Gasteiger partial charge on any atom is -0.418 e. The van der Waals surface area contributed by atoms with E-state index in [1.165, 1.54) is 20.6 Å². The molecule has 13 heteroatoms. The molecule has 3 aliphatic heterocycles. The van der Waals surface area contributed by atoms with Crippen molar-refractivity contribution in [2.24, 2.45) is 0 Å². The molecule has 40 heavy (non-hydrogen) atoms. The number of nitrogens with zero attached hydrogens (tertiary/aromatic N) is 3. The van der Waals surface area contributed by atoms with Crippen LogP contribution in [0.5, 0.6) is 5.75 Å². The molecule has 3 amide bonds. The molecule has 0 aliphatic carbocycles. The average molecular weight is 559 g/mol. The molecule has 4 heterocycles. The summed E-state index contributed by atoms with van der Waals surface area (Å²) in [5.41, 5.74) is -1.68. The average Bonchev–Trinajstić information content (AvgIpc) is 2.88. The van der Waals surface area contributed by atoms with Gasteiger partial charge in [-0.3, -0.25) is 19.2 Å². The summed E-state index contributed by atoms with van der Waals surface area (Å²) in [4.78, 5) is 68.3. The van der Waals surface area contributed by atoms with Crippen molar-refractivity contribution in [3.63, 3.8) is 0 Å². The Hall–Kier alpha value is -4.13. The highest BCUT2D eigenvalue weighted by molar-refractivity contribution is 6.00. The Labute approximate surface area is 227 Å². The van der Waals surface area contributed by atoms with Gasteiger partial charge in [0.2, 0.25) is 17.1 Å². The number of fused-ring (bicyclic) bond motifs is 2. The lowest BCUT2D eigenvalue weighted by atomic mass is 10.0. The Morgan fingerprint density at radius 3 is 2.62 bits per heavy atom. The summed E-state index contributed by atoms with van der Waals surface area (Å²) in [6, 6.07) is 1.73. The Morgan fingerprint density at radius 2 is 1.95 bits per heavy atom. The largest absolute Gasteiger partial charge is 0.418 e. The Balaban J connectivity index is 1.50. The van der Waals surface area contributed by atoms with Crippen molar-refractivity contribution >= 4 is 23.7 Å². The lowest BCUT2D eigenvalue weighted by Crippen LogP contribution is -2.58. The molecule has 0 radical (unpaired) electrons. The summed E-state index contributed by atoms with van der Waals surface area (Å²) >= 11 is 0. The van der Waals surface area contributed by atoms with Gasteiger partial charge in [-0.1, -0.05) is 13.0 Å². The third-order valence-corrected chi connectivity index (χ3v) is 7.48. The van der Waals surface area contributed by atoms with Crippen LogP contribution in [0, 0.1) is 11.6 Å². The van der Waals surface area contributed by atoms with Gasteiger partial charge in [0.05, 0.1) is 13.2 Å². The summed E-state index contributed by atoms with van der Waals surface area (Å²) in [5.74, 6) is -4.95. The summed E-state index contributed by atoms with van der Waals surface area (Å²) < 4.78 is 39.9. The fraction of sp³-hybridized carbons (Fsp3) is 0.444. The van der Waals surface area contributed by atoms with Crippen LogP contribution in [-0.2, 0) is 27.4 Å². The summed E-state index contributed by atoms with van der Waals surface area (Å²) in [5, 5.41) is 2.42. The number of amides is 3. The molecular formula is C27H28F2N4O7. The molecule has 0 saturated carbocycles. The van der Waals surface area contributed by atoms with Crippen LogP contribution in [0.15, 0.2) is 29.2 Å². The first-order valence-electron chi connectivity index (χ1n) is 13.1. The second-order valence-corrected chi connectivity index (χ2v) is 9.96. The van der Waals surface area contributed by atoms with Gasteiger partial charge in [-0.25, -0.2) is 13.6 Å². The van der Waals surface area contributed by atoms with Gasteiger partial charge < -0.3 is 29.2 Å². The third-order valence-electron chi connectivity index (χ3n) is 7.48. The SMILES string of the molecule is CCC(=O)N1CC[C@H]1C(=O)Oc1c2n(cc(C(=O)NCc3ccc(F)cc3F)c1=O)C[C@@H]1OCC[C@@H](C)N1C2=O. The van der Waals surface area contributed by atoms with Crippen LogP contribution >= 0.6 is 0 Å². The van der Waals surface area contributed by atoms with Gasteiger partial charge in [0, 0.05) is 43.4 Å². The number of hydrogen-bond acceptors (Lipinski definition) is 7. The highest BCUT2D eigenvalue weighted by Gasteiger charge is 2.44. The maximum Gasteiger partial charge on any atom is 0.334 e. The molecule has 0 unspecified atom stereocenters. The van der Waals surface area contributed by atoms with E-state index in [4.69, 9.17) is 9.47 Å². The summed E-state index contributed by atoms with van der Waals surface area (Å²) in [6.07, 6.45) is 1.59. The van der Waals surface area contributed by atoms with Crippen molar-refractivity contribution in [2.45, 2.75) is 64.5 Å². The van der Waals surface area contributed by atoms with E-state index < -0.39 is 58.4 Å². The maximum absolute atomic E-state index is 14.1. The van der Waals surface area contributed by atoms with Crippen LogP contribution in [0.2, 0.25) is 0 Å². The molecule has 3 aliphatic rings. The van der Waals surface area contributed by atoms with E-state index in [-0.39, 0.29) is 42.7 Å². The van der Waals surface area contributed by atoms with Gasteiger partial charge in [0.1, 0.15) is 23.2 Å². The number of carbonyl (C=O) groups is 4. The predicted octanol–water partition coefficient (Wildman–Crippen LogP) is 1.56. The Kier molecular flexibility index (Phi) is 7.41. The minimum absolute atomic E-state index is 0.0134. The molecule has 2 aromatic rings. The lowest BCUT2D eigenvalue weighted by Gasteiger charge is -2.44. The van der Waals surface area contributed by atoms with E-state index in [9.17, 15) is 32.8 Å². The minimum atomic E-state index is -1.01. The lowest BCUT2D eigenvalue weighted by molar-refractivity contribution is -0.155. The number of likely N-dealkylation sites (tertiary alicyclic amines) is 1. The van der Waals surface area contributed by atoms with E-state index in [0.29, 0.717) is 32.1 Å². The normalized spacial score (nSPS) is 21.7. The van der Waals surface area contributed by atoms with Gasteiger partial charge in [0.15, 0.2) is 11.9 Å². The first kappa shape index (κ1) is 27.4. The zero-order valence-corrected chi connectivity index (χ0v) is 21.9. The van der Waals surface area contributed by atoms with E-state index in [1.807, 2.05) is 6.92 Å². The number of hydrogen-bond donors (Lipinski definition) is 1. The fourth-order valence-corrected chi connectivity index (χ4v) is 5.14. The summed E-state index contributed by atoms with van der Waals surface area (Å²) in [6.45, 7) is 3.97. The van der Waals surface area contributed by atoms with Crippen molar-refractivity contribution in [2.75, 3.05) is 13.2 Å². The molecular weight excluding hydrogens is 530 g/mol. The number of halogens is 2. The first-order valence-corrected chi connectivity index (χ1v) is 13.1. The van der Waals surface area contributed by atoms with Crippen molar-refractivity contribution in [3.05, 3.63) is 63.1 Å². The molecule has 212 valence electrons. The van der Waals surface area contributed by atoms with Gasteiger partial charge >= 0.3 is 5.97 Å². The molecule has 2 fully saturated rings. The van der Waals surface area contributed by atoms with Crippen molar-refractivity contribution in [1.82, 2.24) is 19.7 Å². The van der Waals surface area contributed by atoms with Gasteiger partial charge in [0.25, 0.3) is 11.8 Å². The summed E-state index contributed by atoms with van der Waals surface area (Å²) in [7, 11) is 0. The van der Waals surface area contributed by atoms with Crippen LogP contribution < -0.4 is 15.5 Å². The van der Waals surface area contributed by atoms with Crippen molar-refractivity contribution in [1.29, 1.82) is 0 Å². The smallest absolute Gasteiger partial charge is 0.334 e. The molecule has 11 nitrogen and oxygen atoms in total. The fourth-order valence-electron chi connectivity index (χ4n) is 5.14. The van der Waals surface area contributed by atoms with E-state index in [2.05, 4.69) is 5.32 Å². The number of aromatic nitrogens is 1. The molecule has 1 aromatic heterocycles. The topological polar surface area (TPSA) is 127 Å². The molecule has 2 saturated heterocycles.